The van der Waals surface area contributed by atoms with Crippen molar-refractivity contribution in [3.05, 3.63) is 0 Å². The van der Waals surface area contributed by atoms with Gasteiger partial charge < -0.3 is 0 Å². The Morgan fingerprint density at radius 2 is 2.00 bits per heavy atom. The summed E-state index contributed by atoms with van der Waals surface area (Å²) in [5.41, 5.74) is 0. The van der Waals surface area contributed by atoms with E-state index >= 15 is 0 Å². The van der Waals surface area contributed by atoms with Crippen LogP contribution >= 0.6 is 0 Å². The van der Waals surface area contributed by atoms with Gasteiger partial charge in [0.25, 0.3) is 0 Å². The van der Waals surface area contributed by atoms with E-state index in [1.807, 2.05) is 0 Å². The first-order valence-corrected chi connectivity index (χ1v) is 6.12. The van der Waals surface area contributed by atoms with Crippen molar-refractivity contribution in [2.45, 2.75) is 59.3 Å². The second-order valence-electron chi connectivity index (χ2n) is 5.37. The lowest BCUT2D eigenvalue weighted by molar-refractivity contribution is -0.121. The molecule has 1 nitrogen and oxygen atoms in total. The molecular formula is C13H24O. The quantitative estimate of drug-likeness (QED) is 0.653. The van der Waals surface area contributed by atoms with E-state index in [0.717, 1.165) is 37.5 Å². The van der Waals surface area contributed by atoms with Gasteiger partial charge in [-0.05, 0) is 31.1 Å². The van der Waals surface area contributed by atoms with Gasteiger partial charge in [-0.15, -0.1) is 0 Å². The van der Waals surface area contributed by atoms with Crippen LogP contribution in [0.25, 0.3) is 0 Å². The molecule has 1 saturated carbocycles. The third-order valence-corrected chi connectivity index (χ3v) is 3.35. The topological polar surface area (TPSA) is 17.1 Å². The molecule has 0 radical (unpaired) electrons. The van der Waals surface area contributed by atoms with Gasteiger partial charge in [-0.3, -0.25) is 4.79 Å². The monoisotopic (exact) mass is 196 g/mol. The summed E-state index contributed by atoms with van der Waals surface area (Å²) < 4.78 is 0. The maximum atomic E-state index is 11.4. The molecule has 1 fully saturated rings. The van der Waals surface area contributed by atoms with Crippen LogP contribution in [0.15, 0.2) is 0 Å². The van der Waals surface area contributed by atoms with Crippen LogP contribution in [0, 0.1) is 17.8 Å². The lowest BCUT2D eigenvalue weighted by Crippen LogP contribution is -2.11. The maximum Gasteiger partial charge on any atom is 0.135 e. The molecule has 0 aliphatic heterocycles. The molecule has 0 amide bonds. The molecular weight excluding hydrogens is 172 g/mol. The lowest BCUT2D eigenvalue weighted by Gasteiger charge is -2.16. The van der Waals surface area contributed by atoms with Crippen LogP contribution in [0.2, 0.25) is 0 Å². The first kappa shape index (κ1) is 11.7. The average Bonchev–Trinajstić information content (AvgIpc) is 2.49. The number of Topliss-reactive ketones (excluding diaryl/α,β-unsaturated/α-hetero) is 1. The molecule has 0 N–H and O–H groups in total. The van der Waals surface area contributed by atoms with Gasteiger partial charge >= 0.3 is 0 Å². The summed E-state index contributed by atoms with van der Waals surface area (Å²) in [7, 11) is 0. The van der Waals surface area contributed by atoms with E-state index in [9.17, 15) is 4.79 Å². The van der Waals surface area contributed by atoms with Crippen LogP contribution in [-0.4, -0.2) is 5.78 Å². The van der Waals surface area contributed by atoms with Gasteiger partial charge in [0.15, 0.2) is 0 Å². The fraction of sp³-hybridized carbons (Fsp3) is 0.923. The van der Waals surface area contributed by atoms with Crippen molar-refractivity contribution in [3.63, 3.8) is 0 Å². The summed E-state index contributed by atoms with van der Waals surface area (Å²) in [4.78, 5) is 11.4. The van der Waals surface area contributed by atoms with E-state index in [2.05, 4.69) is 20.8 Å². The molecule has 2 unspecified atom stereocenters. The van der Waals surface area contributed by atoms with E-state index in [4.69, 9.17) is 0 Å². The number of rotatable bonds is 5. The van der Waals surface area contributed by atoms with Crippen molar-refractivity contribution in [3.8, 4) is 0 Å². The molecule has 1 rings (SSSR count). The number of carbonyl (C=O) groups excluding carboxylic acids is 1. The first-order chi connectivity index (χ1) is 6.59. The average molecular weight is 196 g/mol. The summed E-state index contributed by atoms with van der Waals surface area (Å²) in [6.45, 7) is 6.84. The highest BCUT2D eigenvalue weighted by atomic mass is 16.1. The molecule has 0 bridgehead atoms. The molecule has 0 aromatic heterocycles. The second-order valence-corrected chi connectivity index (χ2v) is 5.37. The minimum Gasteiger partial charge on any atom is -0.299 e. The van der Waals surface area contributed by atoms with Gasteiger partial charge in [0.05, 0.1) is 0 Å². The molecule has 1 aliphatic rings. The Labute approximate surface area is 88.3 Å². The molecule has 1 aliphatic carbocycles. The zero-order valence-electron chi connectivity index (χ0n) is 9.88. The van der Waals surface area contributed by atoms with Crippen LogP contribution in [0.3, 0.4) is 0 Å². The van der Waals surface area contributed by atoms with Crippen LogP contribution in [0.4, 0.5) is 0 Å². The summed E-state index contributed by atoms with van der Waals surface area (Å²) in [6.07, 6.45) is 6.89. The fourth-order valence-corrected chi connectivity index (χ4v) is 2.36. The van der Waals surface area contributed by atoms with Crippen LogP contribution in [0.1, 0.15) is 59.3 Å². The highest BCUT2D eigenvalue weighted by Crippen LogP contribution is 2.29. The summed E-state index contributed by atoms with van der Waals surface area (Å²) in [5.74, 6) is 2.49. The summed E-state index contributed by atoms with van der Waals surface area (Å²) in [5, 5.41) is 0. The van der Waals surface area contributed by atoms with Crippen molar-refractivity contribution in [1.82, 2.24) is 0 Å². The zero-order chi connectivity index (χ0) is 10.6. The SMILES string of the molecule is CC(C)CCC(C)CC1CCCC1=O. The predicted octanol–water partition coefficient (Wildman–Crippen LogP) is 3.82. The normalized spacial score (nSPS) is 24.6. The standard InChI is InChI=1S/C13H24O/c1-10(2)7-8-11(3)9-12-5-4-6-13(12)14/h10-12H,4-9H2,1-3H3. The van der Waals surface area contributed by atoms with Crippen LogP contribution in [0.5, 0.6) is 0 Å². The van der Waals surface area contributed by atoms with Gasteiger partial charge in [-0.1, -0.05) is 33.6 Å². The van der Waals surface area contributed by atoms with Crippen molar-refractivity contribution >= 4 is 5.78 Å². The smallest absolute Gasteiger partial charge is 0.135 e. The number of ketones is 1. The minimum atomic E-state index is 0.414. The van der Waals surface area contributed by atoms with Crippen LogP contribution < -0.4 is 0 Å². The Morgan fingerprint density at radius 3 is 2.50 bits per heavy atom. The minimum absolute atomic E-state index is 0.414. The van der Waals surface area contributed by atoms with Crippen molar-refractivity contribution in [2.75, 3.05) is 0 Å². The van der Waals surface area contributed by atoms with Crippen molar-refractivity contribution in [2.24, 2.45) is 17.8 Å². The van der Waals surface area contributed by atoms with E-state index < -0.39 is 0 Å². The lowest BCUT2D eigenvalue weighted by atomic mass is 9.89. The molecule has 0 saturated heterocycles. The molecule has 0 aromatic rings. The Balaban J connectivity index is 2.19. The molecule has 0 spiro atoms. The molecule has 2 atom stereocenters. The third-order valence-electron chi connectivity index (χ3n) is 3.35. The van der Waals surface area contributed by atoms with E-state index in [-0.39, 0.29) is 0 Å². The van der Waals surface area contributed by atoms with Gasteiger partial charge in [0, 0.05) is 12.3 Å². The second kappa shape index (κ2) is 5.53. The fourth-order valence-electron chi connectivity index (χ4n) is 2.36. The Bertz CT molecular complexity index is 184. The summed E-state index contributed by atoms with van der Waals surface area (Å²) in [6, 6.07) is 0. The largest absolute Gasteiger partial charge is 0.299 e. The van der Waals surface area contributed by atoms with E-state index in [1.165, 1.54) is 12.8 Å². The van der Waals surface area contributed by atoms with E-state index in [0.29, 0.717) is 11.7 Å². The third kappa shape index (κ3) is 3.81. The predicted molar refractivity (Wildman–Crippen MR) is 60.2 cm³/mol. The molecule has 14 heavy (non-hydrogen) atoms. The Hall–Kier alpha value is -0.330. The number of carbonyl (C=O) groups is 1. The Morgan fingerprint density at radius 1 is 1.29 bits per heavy atom. The molecule has 82 valence electrons. The van der Waals surface area contributed by atoms with E-state index in [1.54, 1.807) is 0 Å². The van der Waals surface area contributed by atoms with Crippen molar-refractivity contribution < 1.29 is 4.79 Å². The molecule has 1 heteroatoms. The van der Waals surface area contributed by atoms with Gasteiger partial charge in [0.2, 0.25) is 0 Å². The summed E-state index contributed by atoms with van der Waals surface area (Å²) >= 11 is 0. The van der Waals surface area contributed by atoms with Crippen molar-refractivity contribution in [1.29, 1.82) is 0 Å². The molecule has 0 aromatic carbocycles. The number of hydrogen-bond donors (Lipinski definition) is 0. The Kier molecular flexibility index (Phi) is 4.64. The number of hydrogen-bond acceptors (Lipinski definition) is 1. The van der Waals surface area contributed by atoms with Gasteiger partial charge in [-0.2, -0.15) is 0 Å². The van der Waals surface area contributed by atoms with Gasteiger partial charge in [0.1, 0.15) is 5.78 Å². The maximum absolute atomic E-state index is 11.4. The first-order valence-electron chi connectivity index (χ1n) is 6.12. The van der Waals surface area contributed by atoms with Gasteiger partial charge in [-0.25, -0.2) is 0 Å². The van der Waals surface area contributed by atoms with Crippen LogP contribution in [-0.2, 0) is 4.79 Å². The molecule has 0 heterocycles. The highest BCUT2D eigenvalue weighted by molar-refractivity contribution is 5.82. The zero-order valence-corrected chi connectivity index (χ0v) is 9.88. The highest BCUT2D eigenvalue weighted by Gasteiger charge is 2.25.